The Morgan fingerprint density at radius 1 is 1.14 bits per heavy atom. The standard InChI is InChI=1S/Ca.H2O4S.Sb.3H/c;1-5(2,3)4;;;;/h;(H2,1,2,3,4);;;;/q+2;;;;;/p-2. The van der Waals surface area contributed by atoms with E-state index in [0.717, 1.165) is 0 Å². The SMILES string of the molecule is O=S(=O)([O-])[O-].[Ca+2].[SbH3]. The number of hydrogen-bond donors (Lipinski definition) is 0. The Hall–Kier alpha value is 1.95. The van der Waals surface area contributed by atoms with Crippen molar-refractivity contribution in [3.63, 3.8) is 0 Å². The fourth-order valence-electron chi connectivity index (χ4n) is 0. The second kappa shape index (κ2) is 6.07. The Morgan fingerprint density at radius 2 is 1.14 bits per heavy atom. The van der Waals surface area contributed by atoms with Crippen LogP contribution in [0.2, 0.25) is 0 Å². The molecule has 7 heavy (non-hydrogen) atoms. The summed E-state index contributed by atoms with van der Waals surface area (Å²) in [5, 5.41) is 0. The molecule has 0 radical (unpaired) electrons. The molecule has 0 aromatic rings. The maximum atomic E-state index is 8.52. The second-order valence-corrected chi connectivity index (χ2v) is 1.22. The second-order valence-electron chi connectivity index (χ2n) is 0.408. The molecule has 40 valence electrons. The van der Waals surface area contributed by atoms with Gasteiger partial charge in [-0.15, -0.1) is 0 Å². The molecule has 0 rings (SSSR count). The summed E-state index contributed by atoms with van der Waals surface area (Å²) >= 11 is 0. The van der Waals surface area contributed by atoms with Gasteiger partial charge in [-0.2, -0.15) is 0 Å². The Bertz CT molecular complexity index is 94.9. The van der Waals surface area contributed by atoms with Crippen molar-refractivity contribution < 1.29 is 17.5 Å². The zero-order chi connectivity index (χ0) is 4.50. The van der Waals surface area contributed by atoms with Gasteiger partial charge in [0.1, 0.15) is 0 Å². The van der Waals surface area contributed by atoms with Crippen LogP contribution < -0.4 is 0 Å². The van der Waals surface area contributed by atoms with E-state index in [4.69, 9.17) is 17.5 Å². The topological polar surface area (TPSA) is 80.3 Å². The molecule has 0 aromatic heterocycles. The van der Waals surface area contributed by atoms with Crippen molar-refractivity contribution in [2.75, 3.05) is 0 Å². The molecule has 0 aliphatic carbocycles. The fourth-order valence-corrected chi connectivity index (χ4v) is 0. The fraction of sp³-hybridized carbons (Fsp3) is 0. The molecule has 0 aromatic carbocycles. The normalized spacial score (nSPS) is 8.29. The van der Waals surface area contributed by atoms with Crippen molar-refractivity contribution in [3.8, 4) is 0 Å². The molecule has 0 aliphatic heterocycles. The average molecular weight is 261 g/mol. The first-order chi connectivity index (χ1) is 2.00. The predicted molar refractivity (Wildman–Crippen MR) is 26.2 cm³/mol. The van der Waals surface area contributed by atoms with Gasteiger partial charge in [0.15, 0.2) is 0 Å². The van der Waals surface area contributed by atoms with Crippen LogP contribution >= 0.6 is 0 Å². The van der Waals surface area contributed by atoms with Crippen molar-refractivity contribution in [2.45, 2.75) is 0 Å². The minimum absolute atomic E-state index is 0. The molecule has 7 heteroatoms. The molecular formula is H3CaO4SSb. The van der Waals surface area contributed by atoms with Gasteiger partial charge in [-0.25, -0.2) is 0 Å². The van der Waals surface area contributed by atoms with E-state index in [9.17, 15) is 0 Å². The van der Waals surface area contributed by atoms with Crippen molar-refractivity contribution in [1.29, 1.82) is 0 Å². The van der Waals surface area contributed by atoms with E-state index < -0.39 is 10.4 Å². The van der Waals surface area contributed by atoms with Gasteiger partial charge in [-0.05, 0) is 0 Å². The summed E-state index contributed by atoms with van der Waals surface area (Å²) in [6.07, 6.45) is 0. The molecule has 0 atom stereocenters. The van der Waals surface area contributed by atoms with Crippen LogP contribution in [0.3, 0.4) is 0 Å². The summed E-state index contributed by atoms with van der Waals surface area (Å²) in [6.45, 7) is 0. The Balaban J connectivity index is -0.0000000800. The number of rotatable bonds is 0. The van der Waals surface area contributed by atoms with Gasteiger partial charge >= 0.3 is 62.2 Å². The first kappa shape index (κ1) is 16.0. The van der Waals surface area contributed by atoms with Crippen LogP contribution in [0.4, 0.5) is 0 Å². The third-order valence-electron chi connectivity index (χ3n) is 0. The van der Waals surface area contributed by atoms with E-state index in [0.29, 0.717) is 0 Å². The van der Waals surface area contributed by atoms with Crippen molar-refractivity contribution in [3.05, 3.63) is 0 Å². The summed E-state index contributed by atoms with van der Waals surface area (Å²) in [4.78, 5) is 0. The summed E-state index contributed by atoms with van der Waals surface area (Å²) in [7, 11) is -5.17. The van der Waals surface area contributed by atoms with Crippen LogP contribution in [0.25, 0.3) is 0 Å². The average Bonchev–Trinajstić information content (AvgIpc) is 0.722. The number of hydrogen-bond acceptors (Lipinski definition) is 4. The van der Waals surface area contributed by atoms with Crippen LogP contribution in [0.15, 0.2) is 0 Å². The third kappa shape index (κ3) is 74.1. The molecule has 0 fully saturated rings. The molecule has 0 N–H and O–H groups in total. The summed E-state index contributed by atoms with van der Waals surface area (Å²) in [5.41, 5.74) is 0. The van der Waals surface area contributed by atoms with Gasteiger partial charge in [0, 0.05) is 10.4 Å². The summed E-state index contributed by atoms with van der Waals surface area (Å²) < 4.78 is 34.1. The Kier molecular flexibility index (Phi) is 13.9. The van der Waals surface area contributed by atoms with Crippen LogP contribution in [-0.4, -0.2) is 79.7 Å². The van der Waals surface area contributed by atoms with Crippen LogP contribution in [0, 0.1) is 0 Å². The molecule has 0 aliphatic rings. The molecular weight excluding hydrogens is 258 g/mol. The van der Waals surface area contributed by atoms with Gasteiger partial charge in [-0.3, -0.25) is 8.42 Å². The Labute approximate surface area is 88.7 Å². The summed E-state index contributed by atoms with van der Waals surface area (Å²) in [5.74, 6) is 0. The predicted octanol–water partition coefficient (Wildman–Crippen LogP) is -2.90. The van der Waals surface area contributed by atoms with E-state index in [1.807, 2.05) is 0 Å². The zero-order valence-corrected chi connectivity index (χ0v) is 10.5. The first-order valence-corrected chi connectivity index (χ1v) is 2.00. The van der Waals surface area contributed by atoms with Crippen LogP contribution in [0.5, 0.6) is 0 Å². The maximum absolute atomic E-state index is 8.52. The molecule has 0 saturated carbocycles. The van der Waals surface area contributed by atoms with E-state index in [-0.39, 0.29) is 62.2 Å². The minimum atomic E-state index is -5.17. The summed E-state index contributed by atoms with van der Waals surface area (Å²) in [6, 6.07) is 0. The van der Waals surface area contributed by atoms with Crippen LogP contribution in [-0.2, 0) is 10.4 Å². The molecule has 4 nitrogen and oxygen atoms in total. The molecule has 0 unspecified atom stereocenters. The molecule has 0 saturated heterocycles. The van der Waals surface area contributed by atoms with Gasteiger partial charge in [0.25, 0.3) is 0 Å². The van der Waals surface area contributed by atoms with E-state index in [2.05, 4.69) is 0 Å². The Morgan fingerprint density at radius 3 is 1.14 bits per heavy atom. The van der Waals surface area contributed by atoms with E-state index >= 15 is 0 Å². The molecule has 0 bridgehead atoms. The van der Waals surface area contributed by atoms with Crippen molar-refractivity contribution >= 4 is 72.6 Å². The van der Waals surface area contributed by atoms with Gasteiger partial charge < -0.3 is 9.11 Å². The zero-order valence-electron chi connectivity index (χ0n) is 3.46. The van der Waals surface area contributed by atoms with E-state index in [1.54, 1.807) is 0 Å². The van der Waals surface area contributed by atoms with Gasteiger partial charge in [0.05, 0.1) is 0 Å². The molecule has 0 heterocycles. The molecule has 0 amide bonds. The van der Waals surface area contributed by atoms with E-state index in [1.165, 1.54) is 0 Å². The first-order valence-electron chi connectivity index (χ1n) is 0.667. The van der Waals surface area contributed by atoms with Gasteiger partial charge in [-0.1, -0.05) is 0 Å². The third-order valence-corrected chi connectivity index (χ3v) is 0. The van der Waals surface area contributed by atoms with Gasteiger partial charge in [0.2, 0.25) is 0 Å². The van der Waals surface area contributed by atoms with Crippen molar-refractivity contribution in [2.24, 2.45) is 0 Å². The van der Waals surface area contributed by atoms with Crippen LogP contribution in [0.1, 0.15) is 0 Å². The molecule has 0 spiro atoms. The quantitative estimate of drug-likeness (QED) is 0.266. The van der Waals surface area contributed by atoms with Crippen molar-refractivity contribution in [1.82, 2.24) is 0 Å². The monoisotopic (exact) mass is 260 g/mol.